The molecule has 0 bridgehead atoms. The first-order chi connectivity index (χ1) is 12.0. The maximum atomic E-state index is 13.1. The van der Waals surface area contributed by atoms with E-state index in [2.05, 4.69) is 10.6 Å². The molecule has 7 nitrogen and oxygen atoms in total. The Hall–Kier alpha value is -1.63. The van der Waals surface area contributed by atoms with E-state index in [1.165, 1.54) is 4.90 Å². The number of nitrogens with zero attached hydrogens (tertiary/aromatic N) is 1. The highest BCUT2D eigenvalue weighted by Crippen LogP contribution is 2.29. The van der Waals surface area contributed by atoms with Crippen LogP contribution in [0.5, 0.6) is 0 Å². The lowest BCUT2D eigenvalue weighted by Crippen LogP contribution is -2.57. The van der Waals surface area contributed by atoms with E-state index in [9.17, 15) is 19.5 Å². The average Bonchev–Trinajstić information content (AvgIpc) is 3.10. The van der Waals surface area contributed by atoms with E-state index in [1.54, 1.807) is 6.92 Å². The van der Waals surface area contributed by atoms with Gasteiger partial charge in [0.25, 0.3) is 0 Å². The van der Waals surface area contributed by atoms with Crippen LogP contribution in [0.1, 0.15) is 58.8 Å². The Morgan fingerprint density at radius 3 is 2.40 bits per heavy atom. The second-order valence-electron chi connectivity index (χ2n) is 7.19. The molecule has 1 aliphatic heterocycles. The van der Waals surface area contributed by atoms with Gasteiger partial charge in [-0.25, -0.2) is 4.79 Å². The number of likely N-dealkylation sites (tertiary alicyclic amines) is 1. The average molecular weight is 353 g/mol. The lowest BCUT2D eigenvalue weighted by atomic mass is 9.83. The monoisotopic (exact) mass is 353 g/mol. The van der Waals surface area contributed by atoms with Crippen molar-refractivity contribution in [2.24, 2.45) is 5.92 Å². The van der Waals surface area contributed by atoms with Gasteiger partial charge in [0, 0.05) is 6.54 Å². The summed E-state index contributed by atoms with van der Waals surface area (Å²) in [5.41, 5.74) is 0. The van der Waals surface area contributed by atoms with Gasteiger partial charge in [-0.3, -0.25) is 9.59 Å². The number of amides is 2. The zero-order chi connectivity index (χ0) is 18.4. The van der Waals surface area contributed by atoms with E-state index in [0.717, 1.165) is 32.1 Å². The molecule has 1 saturated heterocycles. The number of carbonyl (C=O) groups excluding carboxylic acids is 2. The number of likely N-dealkylation sites (N-methyl/N-ethyl adjacent to an activating group) is 1. The molecule has 7 heteroatoms. The highest BCUT2D eigenvalue weighted by atomic mass is 16.4. The molecule has 1 aliphatic carbocycles. The summed E-state index contributed by atoms with van der Waals surface area (Å²) in [5.74, 6) is -1.29. The van der Waals surface area contributed by atoms with Crippen molar-refractivity contribution in [1.82, 2.24) is 15.5 Å². The molecular weight excluding hydrogens is 322 g/mol. The molecule has 2 fully saturated rings. The summed E-state index contributed by atoms with van der Waals surface area (Å²) < 4.78 is 0. The van der Waals surface area contributed by atoms with E-state index < -0.39 is 18.1 Å². The minimum atomic E-state index is -0.958. The molecule has 0 aromatic rings. The lowest BCUT2D eigenvalue weighted by Gasteiger charge is -2.34. The number of nitrogens with one attached hydrogen (secondary N) is 2. The third-order valence-electron chi connectivity index (χ3n) is 5.41. The summed E-state index contributed by atoms with van der Waals surface area (Å²) in [7, 11) is 0. The summed E-state index contributed by atoms with van der Waals surface area (Å²) >= 11 is 0. The first kappa shape index (κ1) is 19.7. The summed E-state index contributed by atoms with van der Waals surface area (Å²) in [6.07, 6.45) is 6.24. The fraction of sp³-hybridized carbons (Fsp3) is 0.833. The van der Waals surface area contributed by atoms with Crippen LogP contribution in [-0.2, 0) is 14.4 Å². The van der Waals surface area contributed by atoms with Crippen molar-refractivity contribution in [1.29, 1.82) is 0 Å². The van der Waals surface area contributed by atoms with Crippen LogP contribution in [0.25, 0.3) is 0 Å². The molecule has 25 heavy (non-hydrogen) atoms. The van der Waals surface area contributed by atoms with Gasteiger partial charge in [0.15, 0.2) is 0 Å². The van der Waals surface area contributed by atoms with E-state index in [1.807, 2.05) is 6.92 Å². The number of hydrogen-bond acceptors (Lipinski definition) is 4. The molecule has 1 heterocycles. The van der Waals surface area contributed by atoms with E-state index in [0.29, 0.717) is 25.9 Å². The van der Waals surface area contributed by atoms with E-state index in [-0.39, 0.29) is 23.8 Å². The first-order valence-electron chi connectivity index (χ1n) is 9.52. The SMILES string of the molecule is CCNC(C)C(=O)NC(C(=O)N1CCC[C@H]1C(=O)O)C1CCCCC1. The molecule has 0 spiro atoms. The summed E-state index contributed by atoms with van der Waals surface area (Å²) in [6, 6.07) is -1.76. The number of hydrogen-bond donors (Lipinski definition) is 3. The normalized spacial score (nSPS) is 23.9. The van der Waals surface area contributed by atoms with E-state index >= 15 is 0 Å². The zero-order valence-corrected chi connectivity index (χ0v) is 15.3. The lowest BCUT2D eigenvalue weighted by molar-refractivity contribution is -0.150. The Bertz CT molecular complexity index is 491. The number of aliphatic carboxylic acids is 1. The van der Waals surface area contributed by atoms with Crippen LogP contribution in [0.2, 0.25) is 0 Å². The smallest absolute Gasteiger partial charge is 0.326 e. The predicted octanol–water partition coefficient (Wildman–Crippen LogP) is 1.13. The fourth-order valence-corrected chi connectivity index (χ4v) is 3.99. The Kier molecular flexibility index (Phi) is 7.23. The molecule has 2 aliphatic rings. The minimum Gasteiger partial charge on any atom is -0.480 e. The van der Waals surface area contributed by atoms with Crippen molar-refractivity contribution in [3.63, 3.8) is 0 Å². The van der Waals surface area contributed by atoms with Gasteiger partial charge in [0.1, 0.15) is 12.1 Å². The van der Waals surface area contributed by atoms with Gasteiger partial charge in [-0.2, -0.15) is 0 Å². The molecule has 142 valence electrons. The summed E-state index contributed by atoms with van der Waals surface area (Å²) in [5, 5.41) is 15.4. The molecule has 0 radical (unpaired) electrons. The number of carboxylic acids is 1. The fourth-order valence-electron chi connectivity index (χ4n) is 3.99. The van der Waals surface area contributed by atoms with Crippen LogP contribution in [0, 0.1) is 5.92 Å². The Balaban J connectivity index is 2.14. The molecule has 1 saturated carbocycles. The topological polar surface area (TPSA) is 98.7 Å². The van der Waals surface area contributed by atoms with Crippen molar-refractivity contribution in [3.05, 3.63) is 0 Å². The second kappa shape index (κ2) is 9.17. The quantitative estimate of drug-likeness (QED) is 0.637. The van der Waals surface area contributed by atoms with Crippen molar-refractivity contribution >= 4 is 17.8 Å². The van der Waals surface area contributed by atoms with E-state index in [4.69, 9.17) is 0 Å². The molecule has 0 aromatic carbocycles. The van der Waals surface area contributed by atoms with Gasteiger partial charge in [0.05, 0.1) is 6.04 Å². The highest BCUT2D eigenvalue weighted by Gasteiger charge is 2.40. The standard InChI is InChI=1S/C18H31N3O4/c1-3-19-12(2)16(22)20-15(13-8-5-4-6-9-13)17(23)21-11-7-10-14(21)18(24)25/h12-15,19H,3-11H2,1-2H3,(H,20,22)(H,24,25)/t12?,14-,15?/m0/s1. The number of carboxylic acid groups (broad SMARTS) is 1. The molecule has 2 unspecified atom stereocenters. The van der Waals surface area contributed by atoms with Gasteiger partial charge in [-0.1, -0.05) is 26.2 Å². The largest absolute Gasteiger partial charge is 0.480 e. The molecule has 0 aromatic heterocycles. The van der Waals surface area contributed by atoms with Gasteiger partial charge in [-0.05, 0) is 45.1 Å². The Morgan fingerprint density at radius 2 is 1.80 bits per heavy atom. The van der Waals surface area contributed by atoms with Gasteiger partial charge >= 0.3 is 5.97 Å². The van der Waals surface area contributed by atoms with Crippen molar-refractivity contribution < 1.29 is 19.5 Å². The molecule has 2 rings (SSSR count). The van der Waals surface area contributed by atoms with Gasteiger partial charge in [0.2, 0.25) is 11.8 Å². The zero-order valence-electron chi connectivity index (χ0n) is 15.3. The second-order valence-corrected chi connectivity index (χ2v) is 7.19. The summed E-state index contributed by atoms with van der Waals surface area (Å²) in [4.78, 5) is 38.5. The predicted molar refractivity (Wildman–Crippen MR) is 94.0 cm³/mol. The number of rotatable bonds is 7. The maximum absolute atomic E-state index is 13.1. The Labute approximate surface area is 149 Å². The van der Waals surface area contributed by atoms with Crippen LogP contribution in [-0.4, -0.2) is 59.0 Å². The molecule has 3 atom stereocenters. The highest BCUT2D eigenvalue weighted by molar-refractivity contribution is 5.92. The third-order valence-corrected chi connectivity index (χ3v) is 5.41. The van der Waals surface area contributed by atoms with Crippen LogP contribution in [0.3, 0.4) is 0 Å². The molecule has 3 N–H and O–H groups in total. The van der Waals surface area contributed by atoms with Crippen molar-refractivity contribution in [2.75, 3.05) is 13.1 Å². The third kappa shape index (κ3) is 4.93. The minimum absolute atomic E-state index is 0.0917. The first-order valence-corrected chi connectivity index (χ1v) is 9.52. The van der Waals surface area contributed by atoms with Crippen LogP contribution in [0.15, 0.2) is 0 Å². The maximum Gasteiger partial charge on any atom is 0.326 e. The van der Waals surface area contributed by atoms with Gasteiger partial charge in [-0.15, -0.1) is 0 Å². The van der Waals surface area contributed by atoms with Crippen molar-refractivity contribution in [3.8, 4) is 0 Å². The van der Waals surface area contributed by atoms with Crippen molar-refractivity contribution in [2.45, 2.75) is 76.9 Å². The number of carbonyl (C=O) groups is 3. The van der Waals surface area contributed by atoms with Crippen LogP contribution < -0.4 is 10.6 Å². The molecular formula is C18H31N3O4. The van der Waals surface area contributed by atoms with Crippen LogP contribution >= 0.6 is 0 Å². The van der Waals surface area contributed by atoms with Crippen LogP contribution in [0.4, 0.5) is 0 Å². The molecule has 2 amide bonds. The summed E-state index contributed by atoms with van der Waals surface area (Å²) in [6.45, 7) is 4.83. The van der Waals surface area contributed by atoms with Gasteiger partial charge < -0.3 is 20.6 Å². The Morgan fingerprint density at radius 1 is 1.12 bits per heavy atom.